The Kier molecular flexibility index (Phi) is 3.75. The van der Waals surface area contributed by atoms with Gasteiger partial charge in [-0.15, -0.1) is 0 Å². The molecule has 0 aromatic heterocycles. The average Bonchev–Trinajstić information content (AvgIpc) is 3.21. The molecule has 5 heteroatoms. The molecule has 1 saturated carbocycles. The van der Waals surface area contributed by atoms with Crippen LogP contribution in [0.5, 0.6) is 0 Å². The van der Waals surface area contributed by atoms with Crippen LogP contribution in [0, 0.1) is 17.6 Å². The van der Waals surface area contributed by atoms with E-state index >= 15 is 0 Å². The van der Waals surface area contributed by atoms with Crippen LogP contribution in [0.3, 0.4) is 0 Å². The SMILES string of the molecule is CC1(C2CC2)CN(c2cc(Br)c(F)cc2F)CCCN1. The smallest absolute Gasteiger partial charge is 0.149 e. The minimum atomic E-state index is -0.552. The number of hydrogen-bond acceptors (Lipinski definition) is 2. The maximum Gasteiger partial charge on any atom is 0.149 e. The number of nitrogens with one attached hydrogen (secondary N) is 1. The zero-order valence-corrected chi connectivity index (χ0v) is 13.1. The molecule has 0 amide bonds. The lowest BCUT2D eigenvalue weighted by Crippen LogP contribution is -2.51. The van der Waals surface area contributed by atoms with Crippen molar-refractivity contribution >= 4 is 21.6 Å². The Bertz CT molecular complexity index is 519. The average molecular weight is 345 g/mol. The summed E-state index contributed by atoms with van der Waals surface area (Å²) in [4.78, 5) is 2.05. The number of rotatable bonds is 2. The molecule has 3 rings (SSSR count). The molecule has 1 N–H and O–H groups in total. The lowest BCUT2D eigenvalue weighted by Gasteiger charge is -2.35. The second-order valence-corrected chi connectivity index (χ2v) is 6.97. The van der Waals surface area contributed by atoms with E-state index in [1.54, 1.807) is 6.07 Å². The molecule has 2 nitrogen and oxygen atoms in total. The Morgan fingerprint density at radius 1 is 1.30 bits per heavy atom. The Morgan fingerprint density at radius 2 is 2.05 bits per heavy atom. The lowest BCUT2D eigenvalue weighted by atomic mass is 9.95. The molecule has 0 radical (unpaired) electrons. The van der Waals surface area contributed by atoms with Gasteiger partial charge in [0, 0.05) is 24.7 Å². The van der Waals surface area contributed by atoms with Crippen LogP contribution >= 0.6 is 15.9 Å². The van der Waals surface area contributed by atoms with E-state index in [-0.39, 0.29) is 5.54 Å². The first-order valence-electron chi connectivity index (χ1n) is 7.14. The third-order valence-corrected chi connectivity index (χ3v) is 5.07. The molecular formula is C15H19BrF2N2. The van der Waals surface area contributed by atoms with Crippen molar-refractivity contribution in [3.63, 3.8) is 0 Å². The van der Waals surface area contributed by atoms with Gasteiger partial charge in [-0.2, -0.15) is 0 Å². The van der Waals surface area contributed by atoms with Crippen LogP contribution in [0.4, 0.5) is 14.5 Å². The predicted octanol–water partition coefficient (Wildman–Crippen LogP) is 3.70. The van der Waals surface area contributed by atoms with E-state index in [2.05, 4.69) is 33.1 Å². The molecule has 0 spiro atoms. The summed E-state index contributed by atoms with van der Waals surface area (Å²) in [7, 11) is 0. The minimum absolute atomic E-state index is 0.0315. The van der Waals surface area contributed by atoms with Gasteiger partial charge >= 0.3 is 0 Å². The van der Waals surface area contributed by atoms with E-state index in [0.29, 0.717) is 16.1 Å². The van der Waals surface area contributed by atoms with Crippen molar-refractivity contribution in [3.8, 4) is 0 Å². The third kappa shape index (κ3) is 2.70. The first kappa shape index (κ1) is 14.3. The Balaban J connectivity index is 1.90. The molecule has 1 heterocycles. The summed E-state index contributed by atoms with van der Waals surface area (Å²) in [5.74, 6) is -0.357. The van der Waals surface area contributed by atoms with Crippen molar-refractivity contribution in [1.82, 2.24) is 5.32 Å². The summed E-state index contributed by atoms with van der Waals surface area (Å²) in [6.45, 7) is 4.74. The fraction of sp³-hybridized carbons (Fsp3) is 0.600. The molecule has 0 bridgehead atoms. The van der Waals surface area contributed by atoms with Crippen LogP contribution < -0.4 is 10.2 Å². The lowest BCUT2D eigenvalue weighted by molar-refractivity contribution is 0.331. The maximum atomic E-state index is 14.1. The molecule has 1 saturated heterocycles. The molecule has 1 atom stereocenters. The zero-order chi connectivity index (χ0) is 14.3. The molecule has 20 heavy (non-hydrogen) atoms. The van der Waals surface area contributed by atoms with Gasteiger partial charge in [0.25, 0.3) is 0 Å². The van der Waals surface area contributed by atoms with E-state index in [1.807, 2.05) is 0 Å². The normalized spacial score (nSPS) is 27.5. The van der Waals surface area contributed by atoms with E-state index in [9.17, 15) is 8.78 Å². The van der Waals surface area contributed by atoms with Crippen molar-refractivity contribution in [2.75, 3.05) is 24.5 Å². The van der Waals surface area contributed by atoms with Crippen LogP contribution in [0.2, 0.25) is 0 Å². The van der Waals surface area contributed by atoms with Gasteiger partial charge in [0.2, 0.25) is 0 Å². The van der Waals surface area contributed by atoms with Gasteiger partial charge in [-0.25, -0.2) is 8.78 Å². The summed E-state index contributed by atoms with van der Waals surface area (Å²) >= 11 is 3.15. The highest BCUT2D eigenvalue weighted by molar-refractivity contribution is 9.10. The first-order chi connectivity index (χ1) is 9.49. The summed E-state index contributed by atoms with van der Waals surface area (Å²) in [5, 5.41) is 3.62. The number of anilines is 1. The maximum absolute atomic E-state index is 14.1. The molecule has 110 valence electrons. The van der Waals surface area contributed by atoms with Gasteiger partial charge in [-0.05, 0) is 60.6 Å². The van der Waals surface area contributed by atoms with Gasteiger partial charge < -0.3 is 10.2 Å². The molecule has 1 aromatic rings. The molecule has 1 aromatic carbocycles. The van der Waals surface area contributed by atoms with Crippen molar-refractivity contribution < 1.29 is 8.78 Å². The van der Waals surface area contributed by atoms with Gasteiger partial charge in [0.15, 0.2) is 0 Å². The first-order valence-corrected chi connectivity index (χ1v) is 7.93. The zero-order valence-electron chi connectivity index (χ0n) is 11.6. The minimum Gasteiger partial charge on any atom is -0.367 e. The van der Waals surface area contributed by atoms with Crippen LogP contribution in [0.15, 0.2) is 16.6 Å². The number of benzene rings is 1. The molecule has 1 unspecified atom stereocenters. The largest absolute Gasteiger partial charge is 0.367 e. The Morgan fingerprint density at radius 3 is 2.75 bits per heavy atom. The van der Waals surface area contributed by atoms with Crippen LogP contribution in [0.25, 0.3) is 0 Å². The van der Waals surface area contributed by atoms with Crippen molar-refractivity contribution in [2.24, 2.45) is 5.92 Å². The molecular weight excluding hydrogens is 326 g/mol. The van der Waals surface area contributed by atoms with Gasteiger partial charge in [0.05, 0.1) is 10.2 Å². The van der Waals surface area contributed by atoms with Crippen LogP contribution in [0.1, 0.15) is 26.2 Å². The van der Waals surface area contributed by atoms with E-state index < -0.39 is 11.6 Å². The highest BCUT2D eigenvalue weighted by atomic mass is 79.9. The van der Waals surface area contributed by atoms with E-state index in [1.165, 1.54) is 12.8 Å². The van der Waals surface area contributed by atoms with Gasteiger partial charge in [-0.1, -0.05) is 0 Å². The Hall–Kier alpha value is -0.680. The summed E-state index contributed by atoms with van der Waals surface area (Å²) in [6.07, 6.45) is 3.45. The van der Waals surface area contributed by atoms with E-state index in [0.717, 1.165) is 32.1 Å². The number of nitrogens with zero attached hydrogens (tertiary/aromatic N) is 1. The quantitative estimate of drug-likeness (QED) is 0.823. The fourth-order valence-corrected chi connectivity index (χ4v) is 3.46. The monoisotopic (exact) mass is 344 g/mol. The second-order valence-electron chi connectivity index (χ2n) is 6.11. The standard InChI is InChI=1S/C15H19BrF2N2/c1-15(10-3-4-10)9-20(6-2-5-19-15)14-7-11(16)12(17)8-13(14)18/h7-8,10,19H,2-6,9H2,1H3. The fourth-order valence-electron chi connectivity index (χ4n) is 3.13. The van der Waals surface area contributed by atoms with Gasteiger partial charge in [-0.3, -0.25) is 0 Å². The van der Waals surface area contributed by atoms with Crippen molar-refractivity contribution in [3.05, 3.63) is 28.2 Å². The predicted molar refractivity (Wildman–Crippen MR) is 80.0 cm³/mol. The molecule has 2 fully saturated rings. The molecule has 2 aliphatic rings. The number of halogens is 3. The molecule has 1 aliphatic heterocycles. The highest BCUT2D eigenvalue weighted by Crippen LogP contribution is 2.41. The van der Waals surface area contributed by atoms with E-state index in [4.69, 9.17) is 0 Å². The topological polar surface area (TPSA) is 15.3 Å². The van der Waals surface area contributed by atoms with Crippen LogP contribution in [-0.4, -0.2) is 25.2 Å². The third-order valence-electron chi connectivity index (χ3n) is 4.46. The Labute approximate surface area is 126 Å². The summed E-state index contributed by atoms with van der Waals surface area (Å²) < 4.78 is 27.8. The van der Waals surface area contributed by atoms with Gasteiger partial charge in [0.1, 0.15) is 11.6 Å². The summed E-state index contributed by atoms with van der Waals surface area (Å²) in [6, 6.07) is 2.52. The summed E-state index contributed by atoms with van der Waals surface area (Å²) in [5.41, 5.74) is 0.526. The second kappa shape index (κ2) is 5.26. The van der Waals surface area contributed by atoms with Crippen molar-refractivity contribution in [1.29, 1.82) is 0 Å². The molecule has 1 aliphatic carbocycles. The highest BCUT2D eigenvalue weighted by Gasteiger charge is 2.43. The van der Waals surface area contributed by atoms with Crippen LogP contribution in [-0.2, 0) is 0 Å². The van der Waals surface area contributed by atoms with Crippen molar-refractivity contribution in [2.45, 2.75) is 31.7 Å². The number of hydrogen-bond donors (Lipinski definition) is 1.